The van der Waals surface area contributed by atoms with Gasteiger partial charge in [0.1, 0.15) is 11.6 Å². The number of halogens is 1. The van der Waals surface area contributed by atoms with E-state index in [1.54, 1.807) is 0 Å². The summed E-state index contributed by atoms with van der Waals surface area (Å²) in [6.45, 7) is 7.21. The molecule has 170 valence electrons. The highest BCUT2D eigenvalue weighted by Crippen LogP contribution is 2.35. The number of amides is 1. The van der Waals surface area contributed by atoms with Crippen molar-refractivity contribution in [2.24, 2.45) is 0 Å². The van der Waals surface area contributed by atoms with Crippen LogP contribution in [0, 0.1) is 15.9 Å². The normalized spacial score (nSPS) is 11.9. The number of aliphatic hydroxyl groups excluding tert-OH is 1. The van der Waals surface area contributed by atoms with Crippen LogP contribution < -0.4 is 4.74 Å². The molecule has 1 unspecified atom stereocenters. The summed E-state index contributed by atoms with van der Waals surface area (Å²) in [6, 6.07) is 1.79. The van der Waals surface area contributed by atoms with Gasteiger partial charge in [0.2, 0.25) is 5.91 Å². The Kier molecular flexibility index (Phi) is 12.0. The average Bonchev–Trinajstić information content (AvgIpc) is 2.69. The van der Waals surface area contributed by atoms with Gasteiger partial charge in [0, 0.05) is 25.6 Å². The van der Waals surface area contributed by atoms with E-state index in [2.05, 4.69) is 13.8 Å². The van der Waals surface area contributed by atoms with Gasteiger partial charge in [0.15, 0.2) is 0 Å². The molecule has 7 nitrogen and oxygen atoms in total. The maximum absolute atomic E-state index is 13.7. The number of benzene rings is 1. The SMILES string of the molecule is CCCCCN(CCCCC)C(=O)CCCOc1cc(F)cc([N+](=O)[O-])c1C(C)O. The monoisotopic (exact) mass is 426 g/mol. The largest absolute Gasteiger partial charge is 0.493 e. The van der Waals surface area contributed by atoms with Gasteiger partial charge in [-0.3, -0.25) is 14.9 Å². The van der Waals surface area contributed by atoms with Crippen LogP contribution in [0.25, 0.3) is 0 Å². The first-order chi connectivity index (χ1) is 14.3. The number of nitrogens with zero attached hydrogens (tertiary/aromatic N) is 2. The van der Waals surface area contributed by atoms with Crippen LogP contribution in [0.1, 0.15) is 83.8 Å². The molecule has 1 amide bonds. The minimum absolute atomic E-state index is 0.0616. The van der Waals surface area contributed by atoms with E-state index in [1.807, 2.05) is 4.90 Å². The molecule has 1 rings (SSSR count). The topological polar surface area (TPSA) is 92.9 Å². The zero-order valence-corrected chi connectivity index (χ0v) is 18.4. The molecule has 1 aromatic rings. The summed E-state index contributed by atoms with van der Waals surface area (Å²) in [6.07, 6.45) is 5.83. The molecule has 0 aliphatic carbocycles. The van der Waals surface area contributed by atoms with Crippen LogP contribution >= 0.6 is 0 Å². The van der Waals surface area contributed by atoms with Crippen molar-refractivity contribution in [3.8, 4) is 5.75 Å². The Labute approximate surface area is 178 Å². The number of nitro groups is 1. The van der Waals surface area contributed by atoms with E-state index in [0.717, 1.165) is 63.7 Å². The van der Waals surface area contributed by atoms with E-state index in [9.17, 15) is 24.4 Å². The number of carbonyl (C=O) groups excluding carboxylic acids is 1. The lowest BCUT2D eigenvalue weighted by atomic mass is 10.1. The van der Waals surface area contributed by atoms with Gasteiger partial charge in [-0.2, -0.15) is 0 Å². The van der Waals surface area contributed by atoms with Crippen LogP contribution in [0.15, 0.2) is 12.1 Å². The average molecular weight is 427 g/mol. The molecule has 0 aliphatic rings. The van der Waals surface area contributed by atoms with Crippen LogP contribution in [0.2, 0.25) is 0 Å². The Bertz CT molecular complexity index is 672. The summed E-state index contributed by atoms with van der Waals surface area (Å²) in [5.41, 5.74) is -0.581. The van der Waals surface area contributed by atoms with E-state index in [4.69, 9.17) is 4.74 Å². The molecule has 8 heteroatoms. The summed E-state index contributed by atoms with van der Waals surface area (Å²) in [5.74, 6) is -0.811. The summed E-state index contributed by atoms with van der Waals surface area (Å²) < 4.78 is 19.3. The summed E-state index contributed by atoms with van der Waals surface area (Å²) >= 11 is 0. The van der Waals surface area contributed by atoms with Crippen molar-refractivity contribution >= 4 is 11.6 Å². The summed E-state index contributed by atoms with van der Waals surface area (Å²) in [4.78, 5) is 24.9. The predicted octanol–water partition coefficient (Wildman–Crippen LogP) is 5.16. The minimum atomic E-state index is -1.18. The maximum Gasteiger partial charge on any atom is 0.281 e. The van der Waals surface area contributed by atoms with Gasteiger partial charge >= 0.3 is 0 Å². The molecule has 1 aromatic carbocycles. The van der Waals surface area contributed by atoms with E-state index in [-0.39, 0.29) is 23.8 Å². The molecule has 0 heterocycles. The number of hydrogen-bond acceptors (Lipinski definition) is 5. The molecule has 0 bridgehead atoms. The minimum Gasteiger partial charge on any atom is -0.493 e. The molecule has 0 saturated heterocycles. The zero-order valence-electron chi connectivity index (χ0n) is 18.4. The third kappa shape index (κ3) is 8.65. The van der Waals surface area contributed by atoms with Gasteiger partial charge in [-0.25, -0.2) is 4.39 Å². The number of carbonyl (C=O) groups is 1. The molecular weight excluding hydrogens is 391 g/mol. The first kappa shape index (κ1) is 25.8. The molecule has 0 saturated carbocycles. The van der Waals surface area contributed by atoms with Crippen LogP contribution in [0.3, 0.4) is 0 Å². The predicted molar refractivity (Wildman–Crippen MR) is 114 cm³/mol. The Morgan fingerprint density at radius 2 is 1.77 bits per heavy atom. The third-order valence-electron chi connectivity index (χ3n) is 4.91. The van der Waals surface area contributed by atoms with Gasteiger partial charge in [-0.1, -0.05) is 39.5 Å². The zero-order chi connectivity index (χ0) is 22.5. The molecule has 0 aromatic heterocycles. The second-order valence-electron chi connectivity index (χ2n) is 7.52. The fraction of sp³-hybridized carbons (Fsp3) is 0.682. The first-order valence-electron chi connectivity index (χ1n) is 10.9. The van der Waals surface area contributed by atoms with E-state index < -0.39 is 22.5 Å². The molecule has 1 atom stereocenters. The molecule has 1 N–H and O–H groups in total. The fourth-order valence-corrected chi connectivity index (χ4v) is 3.30. The van der Waals surface area contributed by atoms with Crippen LogP contribution in [-0.4, -0.2) is 40.5 Å². The summed E-state index contributed by atoms with van der Waals surface area (Å²) in [7, 11) is 0. The molecular formula is C22H35FN2O5. The van der Waals surface area contributed by atoms with E-state index in [0.29, 0.717) is 12.8 Å². The van der Waals surface area contributed by atoms with Gasteiger partial charge in [0.25, 0.3) is 5.69 Å². The smallest absolute Gasteiger partial charge is 0.281 e. The standard InChI is InChI=1S/C22H35FN2O5/c1-4-6-8-12-24(13-9-7-5-2)21(27)11-10-14-30-20-16-18(23)15-19(25(28)29)22(20)17(3)26/h15-17,26H,4-14H2,1-3H3. The van der Waals surface area contributed by atoms with Crippen molar-refractivity contribution in [3.63, 3.8) is 0 Å². The van der Waals surface area contributed by atoms with Crippen molar-refractivity contribution < 1.29 is 24.0 Å². The lowest BCUT2D eigenvalue weighted by molar-refractivity contribution is -0.386. The molecule has 0 aliphatic heterocycles. The third-order valence-corrected chi connectivity index (χ3v) is 4.91. The van der Waals surface area contributed by atoms with E-state index in [1.165, 1.54) is 6.92 Å². The van der Waals surface area contributed by atoms with Gasteiger partial charge in [-0.05, 0) is 26.2 Å². The van der Waals surface area contributed by atoms with Crippen molar-refractivity contribution in [1.29, 1.82) is 0 Å². The Morgan fingerprint density at radius 3 is 2.27 bits per heavy atom. The molecule has 0 spiro atoms. The number of ether oxygens (including phenoxy) is 1. The quantitative estimate of drug-likeness (QED) is 0.238. The van der Waals surface area contributed by atoms with Gasteiger partial charge < -0.3 is 14.7 Å². The Hall–Kier alpha value is -2.22. The molecule has 0 fully saturated rings. The highest BCUT2D eigenvalue weighted by molar-refractivity contribution is 5.76. The first-order valence-corrected chi connectivity index (χ1v) is 10.9. The summed E-state index contributed by atoms with van der Waals surface area (Å²) in [5, 5.41) is 21.0. The van der Waals surface area contributed by atoms with Crippen molar-refractivity contribution in [3.05, 3.63) is 33.6 Å². The van der Waals surface area contributed by atoms with Crippen LogP contribution in [0.5, 0.6) is 5.75 Å². The van der Waals surface area contributed by atoms with Crippen molar-refractivity contribution in [1.82, 2.24) is 4.90 Å². The van der Waals surface area contributed by atoms with Crippen LogP contribution in [-0.2, 0) is 4.79 Å². The Balaban J connectivity index is 2.67. The van der Waals surface area contributed by atoms with Crippen molar-refractivity contribution in [2.75, 3.05) is 19.7 Å². The van der Waals surface area contributed by atoms with Crippen molar-refractivity contribution in [2.45, 2.75) is 78.2 Å². The Morgan fingerprint density at radius 1 is 1.17 bits per heavy atom. The number of aliphatic hydroxyl groups is 1. The maximum atomic E-state index is 13.7. The lowest BCUT2D eigenvalue weighted by Gasteiger charge is -2.23. The van der Waals surface area contributed by atoms with Gasteiger partial charge in [0.05, 0.1) is 29.3 Å². The lowest BCUT2D eigenvalue weighted by Crippen LogP contribution is -2.33. The highest BCUT2D eigenvalue weighted by Gasteiger charge is 2.24. The fourth-order valence-electron chi connectivity index (χ4n) is 3.30. The second-order valence-corrected chi connectivity index (χ2v) is 7.52. The number of hydrogen-bond donors (Lipinski definition) is 1. The number of rotatable bonds is 15. The molecule has 30 heavy (non-hydrogen) atoms. The van der Waals surface area contributed by atoms with Gasteiger partial charge in [-0.15, -0.1) is 0 Å². The van der Waals surface area contributed by atoms with E-state index >= 15 is 0 Å². The second kappa shape index (κ2) is 13.9. The molecule has 0 radical (unpaired) electrons. The highest BCUT2D eigenvalue weighted by atomic mass is 19.1. The van der Waals surface area contributed by atoms with Crippen LogP contribution in [0.4, 0.5) is 10.1 Å². The number of unbranched alkanes of at least 4 members (excludes halogenated alkanes) is 4. The number of nitro benzene ring substituents is 1.